The Morgan fingerprint density at radius 1 is 1.28 bits per heavy atom. The second kappa shape index (κ2) is 6.24. The Balaban J connectivity index is 2.02. The van der Waals surface area contributed by atoms with E-state index in [9.17, 15) is 14.4 Å². The molecular weight excluding hydrogens is 480 g/mol. The first-order chi connectivity index (χ1) is 13.5. The van der Waals surface area contributed by atoms with Gasteiger partial charge in [-0.1, -0.05) is 25.4 Å². The molecule has 1 spiro atoms. The van der Waals surface area contributed by atoms with Crippen LogP contribution in [-0.2, 0) is 39.8 Å². The summed E-state index contributed by atoms with van der Waals surface area (Å²) in [6.45, 7) is 3.47. The van der Waals surface area contributed by atoms with Crippen LogP contribution in [0.2, 0.25) is 0 Å². The molecule has 0 aliphatic carbocycles. The highest BCUT2D eigenvalue weighted by Gasteiger charge is 2.81. The lowest BCUT2D eigenvalue weighted by molar-refractivity contribution is -0.160. The molecule has 0 N–H and O–H groups in total. The first kappa shape index (κ1) is 20.7. The molecule has 1 aromatic carbocycles. The summed E-state index contributed by atoms with van der Waals surface area (Å²) in [5.41, 5.74) is -0.466. The van der Waals surface area contributed by atoms with Gasteiger partial charge in [-0.15, -0.1) is 0 Å². The molecule has 0 saturated carbocycles. The second-order valence-corrected chi connectivity index (χ2v) is 11.8. The van der Waals surface area contributed by atoms with Gasteiger partial charge in [-0.05, 0) is 48.8 Å². The van der Waals surface area contributed by atoms with Crippen molar-refractivity contribution in [3.63, 3.8) is 0 Å². The summed E-state index contributed by atoms with van der Waals surface area (Å²) < 4.78 is 11.2. The van der Waals surface area contributed by atoms with E-state index in [-0.39, 0.29) is 18.2 Å². The predicted molar refractivity (Wildman–Crippen MR) is 114 cm³/mol. The summed E-state index contributed by atoms with van der Waals surface area (Å²) in [5, 5.41) is 0. The monoisotopic (exact) mass is 500 g/mol. The lowest BCUT2D eigenvalue weighted by atomic mass is 9.78. The Morgan fingerprint density at radius 3 is 2.52 bits per heavy atom. The van der Waals surface area contributed by atoms with Gasteiger partial charge in [0.1, 0.15) is 5.75 Å². The van der Waals surface area contributed by atoms with Crippen molar-refractivity contribution >= 4 is 54.4 Å². The van der Waals surface area contributed by atoms with Crippen LogP contribution in [0.1, 0.15) is 31.9 Å². The summed E-state index contributed by atoms with van der Waals surface area (Å²) in [7, 11) is 3.45. The van der Waals surface area contributed by atoms with Gasteiger partial charge in [-0.25, -0.2) is 0 Å². The van der Waals surface area contributed by atoms with Gasteiger partial charge in [0.25, 0.3) is 11.8 Å². The molecule has 2 amide bonds. The number of rotatable bonds is 3. The number of halogens is 1. The van der Waals surface area contributed by atoms with Crippen molar-refractivity contribution < 1.29 is 23.9 Å². The second-order valence-electron chi connectivity index (χ2n) is 7.95. The first-order valence-electron chi connectivity index (χ1n) is 8.97. The van der Waals surface area contributed by atoms with E-state index < -0.39 is 36.6 Å². The highest BCUT2D eigenvalue weighted by molar-refractivity contribution is 9.10. The quantitative estimate of drug-likeness (QED) is 0.589. The fourth-order valence-corrected chi connectivity index (χ4v) is 8.96. The van der Waals surface area contributed by atoms with Crippen LogP contribution < -0.4 is 4.74 Å². The number of amides is 2. The number of carbonyl (C=O) groups excluding carboxylic acids is 3. The van der Waals surface area contributed by atoms with E-state index in [2.05, 4.69) is 15.9 Å². The number of carbonyl (C=O) groups is 3. The molecule has 0 aromatic heterocycles. The molecule has 3 saturated heterocycles. The normalized spacial score (nSPS) is 37.9. The summed E-state index contributed by atoms with van der Waals surface area (Å²) in [6.07, 6.45) is 0.123. The fourth-order valence-electron chi connectivity index (χ4n) is 4.98. The van der Waals surface area contributed by atoms with Crippen molar-refractivity contribution in [3.05, 3.63) is 28.2 Å². The van der Waals surface area contributed by atoms with Gasteiger partial charge < -0.3 is 19.3 Å². The minimum atomic E-state index is -1.23. The lowest BCUT2D eigenvalue weighted by Gasteiger charge is -2.40. The van der Waals surface area contributed by atoms with Gasteiger partial charge in [0.2, 0.25) is 0 Å². The zero-order chi connectivity index (χ0) is 21.5. The molecule has 7 nitrogen and oxygen atoms in total. The third-order valence-corrected chi connectivity index (χ3v) is 11.4. The van der Waals surface area contributed by atoms with Gasteiger partial charge in [-0.2, -0.15) is 0 Å². The van der Waals surface area contributed by atoms with Crippen molar-refractivity contribution in [2.45, 2.75) is 36.1 Å². The maximum atomic E-state index is 13.7. The molecule has 5 atom stereocenters. The fraction of sp³-hybridized carbons (Fsp3) is 0.526. The van der Waals surface area contributed by atoms with Crippen LogP contribution in [0.25, 0.3) is 0 Å². The Bertz CT molecular complexity index is 1000. The van der Waals surface area contributed by atoms with Crippen LogP contribution in [0.4, 0.5) is 0 Å². The molecule has 29 heavy (non-hydrogen) atoms. The summed E-state index contributed by atoms with van der Waals surface area (Å²) in [5.74, 6) is -0.343. The molecule has 2 bridgehead atoms. The number of methoxy groups -OCH3 is 2. The average molecular weight is 501 g/mol. The number of likely N-dealkylation sites (N-methyl/N-ethyl adjacent to an activating group) is 1. The van der Waals surface area contributed by atoms with Crippen LogP contribution in [0.15, 0.2) is 22.7 Å². The van der Waals surface area contributed by atoms with Crippen LogP contribution in [0.5, 0.6) is 5.75 Å². The minimum absolute atomic E-state index is 0.123. The van der Waals surface area contributed by atoms with E-state index in [1.54, 1.807) is 51.1 Å². The molecule has 2 unspecified atom stereocenters. The highest BCUT2D eigenvalue weighted by Crippen LogP contribution is 2.66. The number of benzene rings is 1. The van der Waals surface area contributed by atoms with Crippen molar-refractivity contribution in [1.82, 2.24) is 9.80 Å². The predicted octanol–water partition coefficient (Wildman–Crippen LogP) is 1.89. The van der Waals surface area contributed by atoms with E-state index in [0.29, 0.717) is 15.8 Å². The number of hydrogen-bond donors (Lipinski definition) is 0. The molecule has 1 aromatic rings. The van der Waals surface area contributed by atoms with E-state index in [1.807, 2.05) is 0 Å². The van der Waals surface area contributed by atoms with Crippen molar-refractivity contribution in [1.29, 1.82) is 0 Å². The Hall–Kier alpha value is -1.52. The highest BCUT2D eigenvalue weighted by atomic mass is 79.9. The molecule has 3 heterocycles. The standard InChI is InChI=1S/C19H21BrN2O5S2/c1-17(16(25)27-5)9-19-15(24)21(3)18(2,29(19)28)14(23)22(19)13(17)11-8-10(26-4)6-7-12(11)20/h6-8,13H,9H2,1-5H3/t13?,17-,18-,19-,29?/m0/s1. The number of ether oxygens (including phenoxy) is 2. The molecule has 3 aliphatic rings. The van der Waals surface area contributed by atoms with Crippen LogP contribution >= 0.6 is 15.9 Å². The number of hydrogen-bond acceptors (Lipinski definition) is 6. The van der Waals surface area contributed by atoms with E-state index in [4.69, 9.17) is 20.7 Å². The molecular formula is C19H21BrN2O5S2. The topological polar surface area (TPSA) is 76.2 Å². The van der Waals surface area contributed by atoms with Gasteiger partial charge in [0.05, 0.1) is 25.7 Å². The van der Waals surface area contributed by atoms with Crippen LogP contribution in [0.3, 0.4) is 0 Å². The van der Waals surface area contributed by atoms with Crippen molar-refractivity contribution in [2.24, 2.45) is 5.41 Å². The van der Waals surface area contributed by atoms with Gasteiger partial charge in [0.15, 0.2) is 9.74 Å². The number of fused-ring (bicyclic) bond motifs is 1. The zero-order valence-electron chi connectivity index (χ0n) is 16.6. The number of nitrogens with zero attached hydrogens (tertiary/aromatic N) is 2. The van der Waals surface area contributed by atoms with Crippen LogP contribution in [-0.4, -0.2) is 58.6 Å². The Labute approximate surface area is 184 Å². The molecule has 10 heteroatoms. The Morgan fingerprint density at radius 2 is 1.93 bits per heavy atom. The largest absolute Gasteiger partial charge is 0.497 e. The van der Waals surface area contributed by atoms with Crippen molar-refractivity contribution in [2.75, 3.05) is 21.3 Å². The number of esters is 1. The number of piperazine rings is 1. The molecule has 156 valence electrons. The maximum absolute atomic E-state index is 13.7. The Kier molecular flexibility index (Phi) is 4.46. The van der Waals surface area contributed by atoms with E-state index in [0.717, 1.165) is 0 Å². The zero-order valence-corrected chi connectivity index (χ0v) is 19.9. The van der Waals surface area contributed by atoms with E-state index in [1.165, 1.54) is 12.0 Å². The molecule has 4 rings (SSSR count). The summed E-state index contributed by atoms with van der Waals surface area (Å²) in [4.78, 5) is 40.8. The third-order valence-electron chi connectivity index (χ3n) is 6.57. The smallest absolute Gasteiger partial charge is 0.314 e. The van der Waals surface area contributed by atoms with Gasteiger partial charge >= 0.3 is 5.97 Å². The average Bonchev–Trinajstić information content (AvgIpc) is 3.14. The van der Waals surface area contributed by atoms with Crippen molar-refractivity contribution in [3.8, 4) is 5.75 Å². The third kappa shape index (κ3) is 2.17. The van der Waals surface area contributed by atoms with Crippen LogP contribution in [0, 0.1) is 5.41 Å². The maximum Gasteiger partial charge on any atom is 0.314 e. The molecule has 3 fully saturated rings. The summed E-state index contributed by atoms with van der Waals surface area (Å²) in [6, 6.07) is 4.65. The lowest BCUT2D eigenvalue weighted by Crippen LogP contribution is -2.61. The molecule has 3 aliphatic heterocycles. The van der Waals surface area contributed by atoms with Gasteiger partial charge in [-0.3, -0.25) is 14.4 Å². The van der Waals surface area contributed by atoms with E-state index >= 15 is 0 Å². The SMILES string of the molecule is COC(=O)[C@@]1(C)C[C@]23C(=O)N(C)[C@](C)(C(=O)N2C1c1cc(OC)ccc1Br)S3=S. The first-order valence-corrected chi connectivity index (χ1v) is 11.9. The van der Waals surface area contributed by atoms with Gasteiger partial charge in [0, 0.05) is 17.9 Å². The molecule has 0 radical (unpaired) electrons. The summed E-state index contributed by atoms with van der Waals surface area (Å²) >= 11 is 9.36. The minimum Gasteiger partial charge on any atom is -0.497 e.